The van der Waals surface area contributed by atoms with Gasteiger partial charge in [0.15, 0.2) is 11.5 Å². The van der Waals surface area contributed by atoms with E-state index in [2.05, 4.69) is 31.2 Å². The smallest absolute Gasteiger partial charge is 0.256 e. The van der Waals surface area contributed by atoms with E-state index in [1.54, 1.807) is 18.9 Å². The molecule has 7 nitrogen and oxygen atoms in total. The van der Waals surface area contributed by atoms with Crippen LogP contribution in [0.1, 0.15) is 42.4 Å². The fourth-order valence-electron chi connectivity index (χ4n) is 3.53. The Morgan fingerprint density at radius 2 is 1.71 bits per heavy atom. The number of aryl methyl sites for hydroxylation is 1. The lowest BCUT2D eigenvalue weighted by atomic mass is 9.87. The minimum atomic E-state index is -0.196. The molecule has 2 heterocycles. The largest absolute Gasteiger partial charge is 0.493 e. The number of amides is 1. The average molecular weight is 477 g/mol. The van der Waals surface area contributed by atoms with E-state index in [1.165, 1.54) is 16.9 Å². The first-order chi connectivity index (χ1) is 16.2. The van der Waals surface area contributed by atoms with Gasteiger partial charge in [0.2, 0.25) is 5.13 Å². The summed E-state index contributed by atoms with van der Waals surface area (Å²) in [6.07, 6.45) is 0. The fraction of sp³-hybridized carbons (Fsp3) is 0.269. The van der Waals surface area contributed by atoms with Gasteiger partial charge in [0.25, 0.3) is 5.91 Å². The van der Waals surface area contributed by atoms with Crippen molar-refractivity contribution in [2.75, 3.05) is 19.5 Å². The van der Waals surface area contributed by atoms with Crippen molar-refractivity contribution < 1.29 is 14.3 Å². The van der Waals surface area contributed by atoms with Crippen LogP contribution in [0.4, 0.5) is 5.82 Å². The number of thiazole rings is 1. The van der Waals surface area contributed by atoms with Gasteiger partial charge >= 0.3 is 0 Å². The van der Waals surface area contributed by atoms with E-state index in [4.69, 9.17) is 14.5 Å². The Kier molecular flexibility index (Phi) is 6.43. The van der Waals surface area contributed by atoms with Gasteiger partial charge in [0.05, 0.1) is 25.6 Å². The van der Waals surface area contributed by atoms with Gasteiger partial charge in [-0.1, -0.05) is 32.9 Å². The van der Waals surface area contributed by atoms with Gasteiger partial charge in [-0.25, -0.2) is 4.98 Å². The summed E-state index contributed by atoms with van der Waals surface area (Å²) in [7, 11) is 3.21. The summed E-state index contributed by atoms with van der Waals surface area (Å²) >= 11 is 1.44. The Balaban J connectivity index is 1.59. The van der Waals surface area contributed by atoms with Crippen molar-refractivity contribution in [2.45, 2.75) is 33.1 Å². The van der Waals surface area contributed by atoms with Crippen molar-refractivity contribution in [1.29, 1.82) is 0 Å². The molecule has 4 rings (SSSR count). The molecule has 2 aromatic heterocycles. The predicted octanol–water partition coefficient (Wildman–Crippen LogP) is 5.87. The van der Waals surface area contributed by atoms with Crippen LogP contribution in [-0.4, -0.2) is 34.9 Å². The summed E-state index contributed by atoms with van der Waals surface area (Å²) in [4.78, 5) is 17.7. The van der Waals surface area contributed by atoms with Crippen LogP contribution in [0, 0.1) is 6.92 Å². The summed E-state index contributed by atoms with van der Waals surface area (Å²) in [5.41, 5.74) is 4.25. The number of hydrogen-bond donors (Lipinski definition) is 1. The second kappa shape index (κ2) is 9.30. The van der Waals surface area contributed by atoms with E-state index < -0.39 is 0 Å². The summed E-state index contributed by atoms with van der Waals surface area (Å²) in [5.74, 6) is 1.66. The topological polar surface area (TPSA) is 78.3 Å². The molecule has 0 radical (unpaired) electrons. The standard InChI is InChI=1S/C26H28N4O3S/c1-16-13-23(28-24(31)17-7-10-19(11-8-17)26(2,3)4)30(29-16)25-27-20(15-34-25)18-9-12-21(32-5)22(14-18)33-6/h7-15H,1-6H3,(H,28,31). The quantitative estimate of drug-likeness (QED) is 0.376. The van der Waals surface area contributed by atoms with Gasteiger partial charge in [-0.05, 0) is 48.2 Å². The second-order valence-corrected chi connectivity index (χ2v) is 9.79. The van der Waals surface area contributed by atoms with E-state index in [-0.39, 0.29) is 11.3 Å². The molecule has 0 unspecified atom stereocenters. The zero-order chi connectivity index (χ0) is 24.5. The number of rotatable bonds is 6. The van der Waals surface area contributed by atoms with E-state index in [1.807, 2.05) is 60.8 Å². The van der Waals surface area contributed by atoms with Crippen LogP contribution >= 0.6 is 11.3 Å². The predicted molar refractivity (Wildman–Crippen MR) is 136 cm³/mol. The third-order valence-corrected chi connectivity index (χ3v) is 6.25. The molecule has 0 atom stereocenters. The van der Waals surface area contributed by atoms with Gasteiger partial charge in [0, 0.05) is 22.6 Å². The SMILES string of the molecule is COc1ccc(-c2csc(-n3nc(C)cc3NC(=O)c3ccc(C(C)(C)C)cc3)n2)cc1OC. The number of benzene rings is 2. The van der Waals surface area contributed by atoms with Crippen LogP contribution in [0.2, 0.25) is 0 Å². The molecule has 2 aromatic carbocycles. The van der Waals surface area contributed by atoms with Crippen LogP contribution in [-0.2, 0) is 5.41 Å². The molecule has 8 heteroatoms. The summed E-state index contributed by atoms with van der Waals surface area (Å²) < 4.78 is 12.4. The maximum atomic E-state index is 12.9. The van der Waals surface area contributed by atoms with Crippen LogP contribution in [0.5, 0.6) is 11.5 Å². The highest BCUT2D eigenvalue weighted by molar-refractivity contribution is 7.12. The Labute approximate surface area is 203 Å². The molecule has 0 fully saturated rings. The minimum Gasteiger partial charge on any atom is -0.493 e. The highest BCUT2D eigenvalue weighted by Gasteiger charge is 2.18. The third-order valence-electron chi connectivity index (χ3n) is 5.44. The second-order valence-electron chi connectivity index (χ2n) is 8.95. The number of hydrogen-bond acceptors (Lipinski definition) is 6. The molecular weight excluding hydrogens is 448 g/mol. The Morgan fingerprint density at radius 1 is 1.00 bits per heavy atom. The first-order valence-electron chi connectivity index (χ1n) is 10.9. The summed E-state index contributed by atoms with van der Waals surface area (Å²) in [6.45, 7) is 8.32. The molecule has 0 aliphatic carbocycles. The molecule has 0 saturated carbocycles. The number of nitrogens with one attached hydrogen (secondary N) is 1. The first-order valence-corrected chi connectivity index (χ1v) is 11.7. The number of aromatic nitrogens is 3. The fourth-order valence-corrected chi connectivity index (χ4v) is 4.33. The van der Waals surface area contributed by atoms with Crippen molar-refractivity contribution in [3.8, 4) is 27.9 Å². The molecule has 1 N–H and O–H groups in total. The average Bonchev–Trinajstić information content (AvgIpc) is 3.44. The maximum Gasteiger partial charge on any atom is 0.256 e. The molecule has 176 valence electrons. The molecule has 0 bridgehead atoms. The van der Waals surface area contributed by atoms with Crippen molar-refractivity contribution in [3.05, 3.63) is 70.7 Å². The molecule has 0 spiro atoms. The summed E-state index contributed by atoms with van der Waals surface area (Å²) in [6, 6.07) is 15.2. The molecule has 0 aliphatic heterocycles. The minimum absolute atomic E-state index is 0.0290. The Morgan fingerprint density at radius 3 is 2.35 bits per heavy atom. The molecule has 0 aliphatic rings. The monoisotopic (exact) mass is 476 g/mol. The van der Waals surface area contributed by atoms with E-state index in [0.29, 0.717) is 28.0 Å². The van der Waals surface area contributed by atoms with Crippen LogP contribution in [0.25, 0.3) is 16.4 Å². The van der Waals surface area contributed by atoms with E-state index in [0.717, 1.165) is 17.0 Å². The normalized spacial score (nSPS) is 11.4. The number of anilines is 1. The molecule has 1 amide bonds. The van der Waals surface area contributed by atoms with Crippen molar-refractivity contribution in [2.24, 2.45) is 0 Å². The number of nitrogens with zero attached hydrogens (tertiary/aromatic N) is 3. The zero-order valence-corrected chi connectivity index (χ0v) is 21.0. The van der Waals surface area contributed by atoms with Gasteiger partial charge < -0.3 is 14.8 Å². The third kappa shape index (κ3) is 4.82. The number of carbonyl (C=O) groups is 1. The molecule has 4 aromatic rings. The number of carbonyl (C=O) groups excluding carboxylic acids is 1. The van der Waals surface area contributed by atoms with Crippen LogP contribution in [0.3, 0.4) is 0 Å². The number of ether oxygens (including phenoxy) is 2. The molecular formula is C26H28N4O3S. The molecule has 34 heavy (non-hydrogen) atoms. The van der Waals surface area contributed by atoms with Crippen LogP contribution in [0.15, 0.2) is 53.9 Å². The first kappa shape index (κ1) is 23.5. The zero-order valence-electron chi connectivity index (χ0n) is 20.2. The van der Waals surface area contributed by atoms with Crippen molar-refractivity contribution in [3.63, 3.8) is 0 Å². The lowest BCUT2D eigenvalue weighted by Crippen LogP contribution is -2.16. The van der Waals surface area contributed by atoms with Gasteiger partial charge in [-0.3, -0.25) is 4.79 Å². The lowest BCUT2D eigenvalue weighted by Gasteiger charge is -2.19. The summed E-state index contributed by atoms with van der Waals surface area (Å²) in [5, 5.41) is 10.1. The van der Waals surface area contributed by atoms with Gasteiger partial charge in [-0.2, -0.15) is 9.78 Å². The van der Waals surface area contributed by atoms with Crippen molar-refractivity contribution >= 4 is 23.1 Å². The lowest BCUT2D eigenvalue weighted by molar-refractivity contribution is 0.102. The highest BCUT2D eigenvalue weighted by Crippen LogP contribution is 2.33. The molecule has 0 saturated heterocycles. The highest BCUT2D eigenvalue weighted by atomic mass is 32.1. The number of methoxy groups -OCH3 is 2. The Hall–Kier alpha value is -3.65. The van der Waals surface area contributed by atoms with Crippen LogP contribution < -0.4 is 14.8 Å². The Bertz CT molecular complexity index is 1320. The van der Waals surface area contributed by atoms with Gasteiger partial charge in [-0.15, -0.1) is 11.3 Å². The maximum absolute atomic E-state index is 12.9. The van der Waals surface area contributed by atoms with Crippen molar-refractivity contribution in [1.82, 2.24) is 14.8 Å². The van der Waals surface area contributed by atoms with E-state index >= 15 is 0 Å². The van der Waals surface area contributed by atoms with E-state index in [9.17, 15) is 4.79 Å². The van der Waals surface area contributed by atoms with Gasteiger partial charge in [0.1, 0.15) is 5.82 Å².